The van der Waals surface area contributed by atoms with Crippen LogP contribution in [0.2, 0.25) is 0 Å². The van der Waals surface area contributed by atoms with Gasteiger partial charge in [-0.1, -0.05) is 37.5 Å². The monoisotopic (exact) mass is 402 g/mol. The molecule has 1 heterocycles. The van der Waals surface area contributed by atoms with Gasteiger partial charge in [-0.15, -0.1) is 0 Å². The predicted molar refractivity (Wildman–Crippen MR) is 118 cm³/mol. The summed E-state index contributed by atoms with van der Waals surface area (Å²) in [7, 11) is 1.65. The highest BCUT2D eigenvalue weighted by Crippen LogP contribution is 2.25. The van der Waals surface area contributed by atoms with Gasteiger partial charge in [0.2, 0.25) is 5.91 Å². The highest BCUT2D eigenvalue weighted by Gasteiger charge is 2.20. The first-order valence-electron chi connectivity index (χ1n) is 10.4. The first-order valence-corrected chi connectivity index (χ1v) is 10.4. The van der Waals surface area contributed by atoms with Crippen LogP contribution in [0.5, 0.6) is 5.75 Å². The molecule has 3 aromatic rings. The third-order valence-corrected chi connectivity index (χ3v) is 5.48. The Kier molecular flexibility index (Phi) is 6.23. The molecular weight excluding hydrogens is 376 g/mol. The summed E-state index contributed by atoms with van der Waals surface area (Å²) < 4.78 is 7.08. The van der Waals surface area contributed by atoms with E-state index in [-0.39, 0.29) is 11.8 Å². The fourth-order valence-electron chi connectivity index (χ4n) is 3.79. The molecule has 1 aliphatic rings. The smallest absolute Gasteiger partial charge is 0.243 e. The van der Waals surface area contributed by atoms with Crippen LogP contribution in [0.1, 0.15) is 37.7 Å². The number of ether oxygens (including phenoxy) is 1. The maximum absolute atomic E-state index is 12.4. The van der Waals surface area contributed by atoms with Crippen LogP contribution >= 0.6 is 0 Å². The normalized spacial score (nSPS) is 14.7. The Morgan fingerprint density at radius 2 is 1.83 bits per heavy atom. The van der Waals surface area contributed by atoms with Gasteiger partial charge in [-0.3, -0.25) is 4.79 Å². The Morgan fingerprint density at radius 1 is 1.10 bits per heavy atom. The number of carbonyl (C=O) groups is 1. The summed E-state index contributed by atoms with van der Waals surface area (Å²) in [5.74, 6) is 0.868. The van der Waals surface area contributed by atoms with Gasteiger partial charge in [0.15, 0.2) is 0 Å². The quantitative estimate of drug-likeness (QED) is 0.485. The lowest BCUT2D eigenvalue weighted by Crippen LogP contribution is -2.28. The summed E-state index contributed by atoms with van der Waals surface area (Å²) in [6.45, 7) is 0. The Morgan fingerprint density at radius 3 is 2.53 bits per heavy atom. The number of nitrogens with one attached hydrogen (secondary N) is 1. The molecule has 0 unspecified atom stereocenters. The maximum Gasteiger partial charge on any atom is 0.243 e. The molecule has 30 heavy (non-hydrogen) atoms. The molecule has 1 saturated carbocycles. The number of rotatable bonds is 6. The van der Waals surface area contributed by atoms with Gasteiger partial charge in [0.05, 0.1) is 19.0 Å². The summed E-state index contributed by atoms with van der Waals surface area (Å²) in [6.07, 6.45) is 8.95. The number of methoxy groups -OCH3 is 1. The van der Waals surface area contributed by atoms with Crippen LogP contribution in [0, 0.1) is 5.92 Å². The Bertz CT molecular complexity index is 1000. The first-order chi connectivity index (χ1) is 14.7. The second-order valence-corrected chi connectivity index (χ2v) is 7.51. The van der Waals surface area contributed by atoms with E-state index in [0.717, 1.165) is 53.9 Å². The molecule has 1 aromatic heterocycles. The van der Waals surface area contributed by atoms with Crippen molar-refractivity contribution in [3.8, 4) is 22.7 Å². The van der Waals surface area contributed by atoms with Crippen molar-refractivity contribution in [2.75, 3.05) is 7.11 Å². The van der Waals surface area contributed by atoms with Crippen LogP contribution in [0.25, 0.3) is 16.9 Å². The van der Waals surface area contributed by atoms with E-state index in [9.17, 15) is 4.79 Å². The molecule has 0 radical (unpaired) electrons. The third-order valence-electron chi connectivity index (χ3n) is 5.48. The van der Waals surface area contributed by atoms with E-state index in [1.54, 1.807) is 13.3 Å². The van der Waals surface area contributed by atoms with Gasteiger partial charge in [0.25, 0.3) is 0 Å². The Labute approximate surface area is 176 Å². The molecule has 2 aromatic carbocycles. The van der Waals surface area contributed by atoms with E-state index >= 15 is 0 Å². The summed E-state index contributed by atoms with van der Waals surface area (Å²) in [4.78, 5) is 12.4. The lowest BCUT2D eigenvalue weighted by Gasteiger charge is -2.19. The van der Waals surface area contributed by atoms with Gasteiger partial charge in [0, 0.05) is 23.2 Å². The largest absolute Gasteiger partial charge is 0.497 e. The zero-order valence-corrected chi connectivity index (χ0v) is 17.1. The van der Waals surface area contributed by atoms with Crippen molar-refractivity contribution in [2.24, 2.45) is 11.0 Å². The number of carbonyl (C=O) groups excluding carboxylic acids is 1. The van der Waals surface area contributed by atoms with E-state index in [1.807, 2.05) is 65.5 Å². The lowest BCUT2D eigenvalue weighted by molar-refractivity contribution is -0.125. The minimum Gasteiger partial charge on any atom is -0.497 e. The van der Waals surface area contributed by atoms with Crippen molar-refractivity contribution in [3.05, 3.63) is 66.4 Å². The van der Waals surface area contributed by atoms with Gasteiger partial charge in [-0.05, 0) is 49.2 Å². The summed E-state index contributed by atoms with van der Waals surface area (Å²) in [5.41, 5.74) is 6.24. The van der Waals surface area contributed by atoms with Crippen molar-refractivity contribution in [3.63, 3.8) is 0 Å². The van der Waals surface area contributed by atoms with Crippen LogP contribution in [-0.4, -0.2) is 29.0 Å². The minimum atomic E-state index is 0.00685. The van der Waals surface area contributed by atoms with Crippen LogP contribution in [-0.2, 0) is 4.79 Å². The molecule has 6 heteroatoms. The standard InChI is InChI=1S/C24H26N4O2/c1-30-22-14-12-18(13-15-22)23-20(17-28(27-23)21-10-6-3-7-11-21)16-25-26-24(29)19-8-4-2-5-9-19/h3,6-7,10-17,19H,2,4-5,8-9H2,1H3,(H,26,29). The highest BCUT2D eigenvalue weighted by atomic mass is 16.5. The Balaban J connectivity index is 1.59. The number of amides is 1. The van der Waals surface area contributed by atoms with Crippen LogP contribution < -0.4 is 10.2 Å². The molecule has 1 N–H and O–H groups in total. The van der Waals surface area contributed by atoms with E-state index in [4.69, 9.17) is 9.84 Å². The molecular formula is C24H26N4O2. The Hall–Kier alpha value is -3.41. The fraction of sp³-hybridized carbons (Fsp3) is 0.292. The molecule has 0 saturated heterocycles. The second-order valence-electron chi connectivity index (χ2n) is 7.51. The number of aromatic nitrogens is 2. The number of hydrogen-bond donors (Lipinski definition) is 1. The molecule has 1 amide bonds. The topological polar surface area (TPSA) is 68.5 Å². The lowest BCUT2D eigenvalue weighted by atomic mass is 9.89. The van der Waals surface area contributed by atoms with Crippen molar-refractivity contribution in [1.82, 2.24) is 15.2 Å². The molecule has 0 spiro atoms. The zero-order chi connectivity index (χ0) is 20.8. The number of benzene rings is 2. The third kappa shape index (κ3) is 4.59. The van der Waals surface area contributed by atoms with Gasteiger partial charge in [-0.2, -0.15) is 10.2 Å². The molecule has 0 bridgehead atoms. The SMILES string of the molecule is COc1ccc(-c2nn(-c3ccccc3)cc2C=NNC(=O)C2CCCCC2)cc1. The van der Waals surface area contributed by atoms with Crippen molar-refractivity contribution >= 4 is 12.1 Å². The molecule has 154 valence electrons. The van der Waals surface area contributed by atoms with Crippen molar-refractivity contribution < 1.29 is 9.53 Å². The van der Waals surface area contributed by atoms with E-state index in [1.165, 1.54) is 6.42 Å². The number of para-hydroxylation sites is 1. The zero-order valence-electron chi connectivity index (χ0n) is 17.1. The number of hydrogen-bond acceptors (Lipinski definition) is 4. The van der Waals surface area contributed by atoms with Crippen LogP contribution in [0.3, 0.4) is 0 Å². The van der Waals surface area contributed by atoms with Crippen molar-refractivity contribution in [2.45, 2.75) is 32.1 Å². The summed E-state index contributed by atoms with van der Waals surface area (Å²) in [5, 5.41) is 9.01. The average Bonchev–Trinajstić information content (AvgIpc) is 3.24. The van der Waals surface area contributed by atoms with Crippen LogP contribution in [0.4, 0.5) is 0 Å². The summed E-state index contributed by atoms with van der Waals surface area (Å²) >= 11 is 0. The van der Waals surface area contributed by atoms with E-state index < -0.39 is 0 Å². The fourth-order valence-corrected chi connectivity index (χ4v) is 3.79. The van der Waals surface area contributed by atoms with Gasteiger partial charge in [0.1, 0.15) is 11.4 Å². The minimum absolute atomic E-state index is 0.00685. The van der Waals surface area contributed by atoms with E-state index in [2.05, 4.69) is 10.5 Å². The van der Waals surface area contributed by atoms with Crippen LogP contribution in [0.15, 0.2) is 65.9 Å². The second kappa shape index (κ2) is 9.39. The number of hydrazone groups is 1. The molecule has 0 atom stereocenters. The van der Waals surface area contributed by atoms with E-state index in [0.29, 0.717) is 0 Å². The summed E-state index contributed by atoms with van der Waals surface area (Å²) in [6, 6.07) is 17.7. The van der Waals surface area contributed by atoms with Crippen molar-refractivity contribution in [1.29, 1.82) is 0 Å². The molecule has 6 nitrogen and oxygen atoms in total. The average molecular weight is 402 g/mol. The molecule has 4 rings (SSSR count). The van der Waals surface area contributed by atoms with Gasteiger partial charge >= 0.3 is 0 Å². The maximum atomic E-state index is 12.4. The highest BCUT2D eigenvalue weighted by molar-refractivity contribution is 5.90. The first kappa shape index (κ1) is 19.9. The molecule has 1 aliphatic carbocycles. The number of nitrogens with zero attached hydrogens (tertiary/aromatic N) is 3. The molecule has 1 fully saturated rings. The molecule has 0 aliphatic heterocycles. The van der Waals surface area contributed by atoms with Gasteiger partial charge < -0.3 is 4.74 Å². The van der Waals surface area contributed by atoms with Gasteiger partial charge in [-0.25, -0.2) is 10.1 Å². The predicted octanol–water partition coefficient (Wildman–Crippen LogP) is 4.58.